The maximum Gasteiger partial charge on any atom is 0.257 e. The smallest absolute Gasteiger partial charge is 0.257 e. The molecule has 0 saturated heterocycles. The van der Waals surface area contributed by atoms with Crippen LogP contribution in [-0.2, 0) is 7.05 Å². The highest BCUT2D eigenvalue weighted by molar-refractivity contribution is 6.04. The number of benzene rings is 1. The SMILES string of the molecule is COc1ccc(C(=O)Nc2ccn(C)n2)cc1O. The van der Waals surface area contributed by atoms with Crippen molar-refractivity contribution in [1.29, 1.82) is 0 Å². The van der Waals surface area contributed by atoms with Crippen molar-refractivity contribution in [2.75, 3.05) is 12.4 Å². The van der Waals surface area contributed by atoms with E-state index in [0.717, 1.165) is 0 Å². The van der Waals surface area contributed by atoms with Gasteiger partial charge in [-0.2, -0.15) is 5.10 Å². The van der Waals surface area contributed by atoms with Crippen LogP contribution in [0.15, 0.2) is 30.5 Å². The first kappa shape index (κ1) is 12.0. The highest BCUT2D eigenvalue weighted by Crippen LogP contribution is 2.26. The number of aryl methyl sites for hydroxylation is 1. The number of hydrogen-bond acceptors (Lipinski definition) is 4. The van der Waals surface area contributed by atoms with Crippen molar-refractivity contribution in [3.05, 3.63) is 36.0 Å². The lowest BCUT2D eigenvalue weighted by atomic mass is 10.2. The van der Waals surface area contributed by atoms with E-state index in [1.807, 2.05) is 0 Å². The van der Waals surface area contributed by atoms with E-state index in [4.69, 9.17) is 4.74 Å². The van der Waals surface area contributed by atoms with Gasteiger partial charge in [0, 0.05) is 24.9 Å². The van der Waals surface area contributed by atoms with Gasteiger partial charge in [0.2, 0.25) is 0 Å². The van der Waals surface area contributed by atoms with E-state index in [1.54, 1.807) is 30.1 Å². The number of methoxy groups -OCH3 is 1. The number of hydrogen-bond donors (Lipinski definition) is 2. The first-order valence-corrected chi connectivity index (χ1v) is 5.28. The average molecular weight is 247 g/mol. The third-order valence-electron chi connectivity index (χ3n) is 2.40. The second kappa shape index (κ2) is 4.79. The van der Waals surface area contributed by atoms with Gasteiger partial charge in [-0.05, 0) is 18.2 Å². The van der Waals surface area contributed by atoms with Crippen molar-refractivity contribution in [2.45, 2.75) is 0 Å². The zero-order valence-electron chi connectivity index (χ0n) is 10.0. The number of aromatic nitrogens is 2. The summed E-state index contributed by atoms with van der Waals surface area (Å²) in [5.41, 5.74) is 0.332. The first-order valence-electron chi connectivity index (χ1n) is 5.28. The molecule has 1 amide bonds. The van der Waals surface area contributed by atoms with Crippen LogP contribution in [0.3, 0.4) is 0 Å². The highest BCUT2D eigenvalue weighted by atomic mass is 16.5. The average Bonchev–Trinajstić information content (AvgIpc) is 2.74. The molecule has 1 aromatic heterocycles. The molecule has 0 spiro atoms. The number of rotatable bonds is 3. The number of aromatic hydroxyl groups is 1. The Morgan fingerprint density at radius 3 is 2.78 bits per heavy atom. The van der Waals surface area contributed by atoms with Crippen molar-refractivity contribution < 1.29 is 14.6 Å². The number of ether oxygens (including phenoxy) is 1. The molecular weight excluding hydrogens is 234 g/mol. The Morgan fingerprint density at radius 2 is 2.22 bits per heavy atom. The van der Waals surface area contributed by atoms with E-state index < -0.39 is 0 Å². The Balaban J connectivity index is 2.16. The van der Waals surface area contributed by atoms with Gasteiger partial charge in [0.1, 0.15) is 0 Å². The number of phenols is 1. The van der Waals surface area contributed by atoms with Crippen LogP contribution in [0.1, 0.15) is 10.4 Å². The summed E-state index contributed by atoms with van der Waals surface area (Å²) in [7, 11) is 3.21. The van der Waals surface area contributed by atoms with Gasteiger partial charge in [-0.1, -0.05) is 0 Å². The molecule has 0 fully saturated rings. The summed E-state index contributed by atoms with van der Waals surface area (Å²) < 4.78 is 6.49. The van der Waals surface area contributed by atoms with Crippen LogP contribution < -0.4 is 10.1 Å². The third-order valence-corrected chi connectivity index (χ3v) is 2.40. The lowest BCUT2D eigenvalue weighted by Gasteiger charge is -2.06. The number of nitrogens with zero attached hydrogens (tertiary/aromatic N) is 2. The largest absolute Gasteiger partial charge is 0.504 e. The van der Waals surface area contributed by atoms with Crippen LogP contribution in [0.4, 0.5) is 5.82 Å². The molecule has 6 nitrogen and oxygen atoms in total. The molecule has 0 aliphatic carbocycles. The Morgan fingerprint density at radius 1 is 1.44 bits per heavy atom. The van der Waals surface area contributed by atoms with Gasteiger partial charge in [-0.15, -0.1) is 0 Å². The summed E-state index contributed by atoms with van der Waals surface area (Å²) in [6.45, 7) is 0. The minimum Gasteiger partial charge on any atom is -0.504 e. The Hall–Kier alpha value is -2.50. The zero-order chi connectivity index (χ0) is 13.1. The fourth-order valence-electron chi connectivity index (χ4n) is 1.50. The predicted octanol–water partition coefficient (Wildman–Crippen LogP) is 1.39. The normalized spacial score (nSPS) is 10.1. The molecule has 0 aliphatic heterocycles. The molecule has 1 aromatic carbocycles. The Kier molecular flexibility index (Phi) is 3.18. The van der Waals surface area contributed by atoms with Crippen LogP contribution in [0.2, 0.25) is 0 Å². The molecule has 0 atom stereocenters. The first-order chi connectivity index (χ1) is 8.60. The van der Waals surface area contributed by atoms with Crippen LogP contribution in [0.5, 0.6) is 11.5 Å². The molecule has 0 bridgehead atoms. The molecule has 2 aromatic rings. The van der Waals surface area contributed by atoms with E-state index >= 15 is 0 Å². The van der Waals surface area contributed by atoms with Gasteiger partial charge in [-0.25, -0.2) is 0 Å². The van der Waals surface area contributed by atoms with Crippen molar-refractivity contribution in [3.63, 3.8) is 0 Å². The number of anilines is 1. The molecule has 2 N–H and O–H groups in total. The van der Waals surface area contributed by atoms with Gasteiger partial charge in [0.25, 0.3) is 5.91 Å². The fourth-order valence-corrected chi connectivity index (χ4v) is 1.50. The van der Waals surface area contributed by atoms with E-state index in [0.29, 0.717) is 17.1 Å². The Labute approximate surface area is 104 Å². The van der Waals surface area contributed by atoms with Crippen LogP contribution in [-0.4, -0.2) is 27.9 Å². The molecular formula is C12H13N3O3. The van der Waals surface area contributed by atoms with Gasteiger partial charge in [0.15, 0.2) is 17.3 Å². The monoisotopic (exact) mass is 247 g/mol. The second-order valence-corrected chi connectivity index (χ2v) is 3.72. The maximum atomic E-state index is 11.9. The predicted molar refractivity (Wildman–Crippen MR) is 65.8 cm³/mol. The number of nitrogens with one attached hydrogen (secondary N) is 1. The zero-order valence-corrected chi connectivity index (χ0v) is 10.0. The standard InChI is InChI=1S/C12H13N3O3/c1-15-6-5-11(14-15)13-12(17)8-3-4-10(18-2)9(16)7-8/h3-7,16H,1-2H3,(H,13,14,17). The van der Waals surface area contributed by atoms with Gasteiger partial charge >= 0.3 is 0 Å². The molecule has 0 aliphatic rings. The summed E-state index contributed by atoms with van der Waals surface area (Å²) in [6.07, 6.45) is 1.72. The van der Waals surface area contributed by atoms with Gasteiger partial charge in [-0.3, -0.25) is 9.48 Å². The fraction of sp³-hybridized carbons (Fsp3) is 0.167. The van der Waals surface area contributed by atoms with Crippen molar-refractivity contribution in [3.8, 4) is 11.5 Å². The summed E-state index contributed by atoms with van der Waals surface area (Å²) in [4.78, 5) is 11.9. The molecule has 6 heteroatoms. The molecule has 1 heterocycles. The van der Waals surface area contributed by atoms with E-state index in [1.165, 1.54) is 19.2 Å². The van der Waals surface area contributed by atoms with Crippen LogP contribution in [0.25, 0.3) is 0 Å². The van der Waals surface area contributed by atoms with Crippen LogP contribution >= 0.6 is 0 Å². The van der Waals surface area contributed by atoms with E-state index in [9.17, 15) is 9.90 Å². The van der Waals surface area contributed by atoms with E-state index in [2.05, 4.69) is 10.4 Å². The number of carbonyl (C=O) groups excluding carboxylic acids is 1. The summed E-state index contributed by atoms with van der Waals surface area (Å²) in [5, 5.41) is 16.2. The Bertz CT molecular complexity index is 578. The number of amides is 1. The van der Waals surface area contributed by atoms with Gasteiger partial charge in [0.05, 0.1) is 7.11 Å². The third kappa shape index (κ3) is 2.42. The maximum absolute atomic E-state index is 11.9. The lowest BCUT2D eigenvalue weighted by molar-refractivity contribution is 0.102. The highest BCUT2D eigenvalue weighted by Gasteiger charge is 2.10. The molecule has 0 saturated carbocycles. The minimum atomic E-state index is -0.341. The molecule has 0 unspecified atom stereocenters. The lowest BCUT2D eigenvalue weighted by Crippen LogP contribution is -2.12. The summed E-state index contributed by atoms with van der Waals surface area (Å²) in [6, 6.07) is 6.12. The minimum absolute atomic E-state index is 0.0776. The molecule has 2 rings (SSSR count). The summed E-state index contributed by atoms with van der Waals surface area (Å²) >= 11 is 0. The number of carbonyl (C=O) groups is 1. The van der Waals surface area contributed by atoms with Crippen molar-refractivity contribution in [1.82, 2.24) is 9.78 Å². The van der Waals surface area contributed by atoms with E-state index in [-0.39, 0.29) is 11.7 Å². The van der Waals surface area contributed by atoms with Crippen LogP contribution in [0, 0.1) is 0 Å². The van der Waals surface area contributed by atoms with Gasteiger partial charge < -0.3 is 15.2 Å². The number of phenolic OH excluding ortho intramolecular Hbond substituents is 1. The second-order valence-electron chi connectivity index (χ2n) is 3.72. The molecule has 0 radical (unpaired) electrons. The summed E-state index contributed by atoms with van der Waals surface area (Å²) in [5.74, 6) is 0.361. The molecule has 94 valence electrons. The van der Waals surface area contributed by atoms with Crippen molar-refractivity contribution in [2.24, 2.45) is 7.05 Å². The topological polar surface area (TPSA) is 76.4 Å². The molecule has 18 heavy (non-hydrogen) atoms. The van der Waals surface area contributed by atoms with Crippen molar-refractivity contribution >= 4 is 11.7 Å². The quantitative estimate of drug-likeness (QED) is 0.859.